The van der Waals surface area contributed by atoms with E-state index in [4.69, 9.17) is 0 Å². The predicted molar refractivity (Wildman–Crippen MR) is 129 cm³/mol. The van der Waals surface area contributed by atoms with Gasteiger partial charge >= 0.3 is 6.18 Å². The van der Waals surface area contributed by atoms with Crippen LogP contribution in [-0.2, 0) is 0 Å². The molecular weight excluding hydrogens is 497 g/mol. The molecule has 1 aromatic carbocycles. The molecule has 1 heterocycles. The minimum absolute atomic E-state index is 0.0300. The van der Waals surface area contributed by atoms with E-state index in [1.807, 2.05) is 0 Å². The van der Waals surface area contributed by atoms with Crippen LogP contribution in [0, 0.1) is 0 Å². The number of benzene rings is 1. The molecule has 0 saturated heterocycles. The van der Waals surface area contributed by atoms with Crippen LogP contribution in [0.25, 0.3) is 0 Å². The van der Waals surface area contributed by atoms with Crippen molar-refractivity contribution in [1.82, 2.24) is 5.01 Å². The zero-order valence-electron chi connectivity index (χ0n) is 19.5. The maximum atomic E-state index is 13.7. The minimum atomic E-state index is -5.00. The fourth-order valence-electron chi connectivity index (χ4n) is 4.10. The van der Waals surface area contributed by atoms with Crippen LogP contribution in [0.15, 0.2) is 33.8 Å². The van der Waals surface area contributed by atoms with Gasteiger partial charge in [0.25, 0.3) is 11.6 Å². The van der Waals surface area contributed by atoms with Gasteiger partial charge in [-0.2, -0.15) is 23.3 Å². The molecule has 0 spiro atoms. The van der Waals surface area contributed by atoms with E-state index < -0.39 is 24.2 Å². The summed E-state index contributed by atoms with van der Waals surface area (Å²) >= 11 is 3.21. The van der Waals surface area contributed by atoms with Gasteiger partial charge in [-0.05, 0) is 31.0 Å². The number of aliphatic hydroxyl groups is 1. The lowest BCUT2D eigenvalue weighted by Crippen LogP contribution is -2.56. The van der Waals surface area contributed by atoms with Gasteiger partial charge in [-0.3, -0.25) is 4.79 Å². The predicted octanol–water partition coefficient (Wildman–Crippen LogP) is 7.99. The average Bonchev–Trinajstić information content (AvgIpc) is 3.11. The van der Waals surface area contributed by atoms with Crippen LogP contribution < -0.4 is 0 Å². The number of nitrogens with zero attached hydrogens (tertiary/aromatic N) is 2. The molecule has 0 aliphatic carbocycles. The number of halogens is 4. The number of hydrogen-bond donors (Lipinski definition) is 1. The number of carbonyl (C=O) groups is 1. The highest BCUT2D eigenvalue weighted by molar-refractivity contribution is 9.10. The molecular formula is C25H36BrF3N2O2. The fraction of sp³-hybridized carbons (Fsp3) is 0.680. The lowest BCUT2D eigenvalue weighted by atomic mass is 10.0. The molecule has 0 fully saturated rings. The van der Waals surface area contributed by atoms with Crippen molar-refractivity contribution in [2.75, 3.05) is 0 Å². The summed E-state index contributed by atoms with van der Waals surface area (Å²) in [6, 6.07) is 6.04. The summed E-state index contributed by atoms with van der Waals surface area (Å²) in [5, 5.41) is 14.5. The minimum Gasteiger partial charge on any atom is -0.362 e. The topological polar surface area (TPSA) is 52.9 Å². The summed E-state index contributed by atoms with van der Waals surface area (Å²) in [5.41, 5.74) is -3.06. The molecule has 1 aliphatic heterocycles. The van der Waals surface area contributed by atoms with E-state index in [0.717, 1.165) is 19.3 Å². The molecule has 1 atom stereocenters. The van der Waals surface area contributed by atoms with Gasteiger partial charge < -0.3 is 5.11 Å². The third-order valence-corrected chi connectivity index (χ3v) is 6.57. The van der Waals surface area contributed by atoms with Gasteiger partial charge in [-0.15, -0.1) is 0 Å². The van der Waals surface area contributed by atoms with E-state index in [2.05, 4.69) is 28.0 Å². The van der Waals surface area contributed by atoms with Gasteiger partial charge in [-0.25, -0.2) is 0 Å². The van der Waals surface area contributed by atoms with Crippen molar-refractivity contribution in [1.29, 1.82) is 0 Å². The second kappa shape index (κ2) is 13.5. The van der Waals surface area contributed by atoms with Crippen LogP contribution in [0.1, 0.15) is 107 Å². The number of unbranched alkanes of at least 4 members (excludes halogenated alkanes) is 11. The molecule has 33 heavy (non-hydrogen) atoms. The first-order valence-corrected chi connectivity index (χ1v) is 12.9. The monoisotopic (exact) mass is 532 g/mol. The van der Waals surface area contributed by atoms with Crippen LogP contribution in [0.3, 0.4) is 0 Å². The second-order valence-electron chi connectivity index (χ2n) is 8.92. The van der Waals surface area contributed by atoms with Crippen LogP contribution in [0.2, 0.25) is 0 Å². The van der Waals surface area contributed by atoms with Gasteiger partial charge in [0.05, 0.1) is 0 Å². The maximum absolute atomic E-state index is 13.7. The summed E-state index contributed by atoms with van der Waals surface area (Å²) in [7, 11) is 0. The summed E-state index contributed by atoms with van der Waals surface area (Å²) in [5.74, 6) is -0.971. The number of carbonyl (C=O) groups excluding carboxylic acids is 1. The lowest BCUT2D eigenvalue weighted by Gasteiger charge is -2.32. The normalized spacial score (nSPS) is 18.6. The van der Waals surface area contributed by atoms with Gasteiger partial charge in [-0.1, -0.05) is 99.5 Å². The molecule has 1 aromatic rings. The second-order valence-corrected chi connectivity index (χ2v) is 9.84. The fourth-order valence-corrected chi connectivity index (χ4v) is 4.50. The molecule has 1 N–H and O–H groups in total. The standard InChI is InChI=1S/C25H36BrF3N2O2/c1-2-3-4-5-6-7-8-9-10-11-12-13-17-22-19-24(33,25(27,28)29)31(30-22)23(32)20-15-14-16-21(26)18-20/h14-16,18,33H,2-13,17,19H2,1H3. The Morgan fingerprint density at radius 1 is 1.03 bits per heavy atom. The Morgan fingerprint density at radius 3 is 2.09 bits per heavy atom. The average molecular weight is 533 g/mol. The molecule has 1 amide bonds. The van der Waals surface area contributed by atoms with Gasteiger partial charge in [0.1, 0.15) is 0 Å². The highest BCUT2D eigenvalue weighted by Gasteiger charge is 2.63. The zero-order valence-corrected chi connectivity index (χ0v) is 21.1. The van der Waals surface area contributed by atoms with E-state index in [-0.39, 0.29) is 16.3 Å². The van der Waals surface area contributed by atoms with Crippen molar-refractivity contribution in [3.63, 3.8) is 0 Å². The third kappa shape index (κ3) is 8.39. The van der Waals surface area contributed by atoms with Crippen molar-refractivity contribution >= 4 is 27.5 Å². The van der Waals surface area contributed by atoms with E-state index in [1.165, 1.54) is 63.5 Å². The number of alkyl halides is 3. The number of hydrazone groups is 1. The van der Waals surface area contributed by atoms with Crippen LogP contribution >= 0.6 is 15.9 Å². The Kier molecular flexibility index (Phi) is 11.4. The molecule has 0 bridgehead atoms. The molecule has 1 unspecified atom stereocenters. The first-order valence-electron chi connectivity index (χ1n) is 12.1. The first kappa shape index (κ1) is 27.8. The van der Waals surface area contributed by atoms with Crippen molar-refractivity contribution in [3.8, 4) is 0 Å². The Labute approximate surface area is 203 Å². The number of amides is 1. The van der Waals surface area contributed by atoms with Gasteiger partial charge in [0, 0.05) is 22.2 Å². The highest BCUT2D eigenvalue weighted by Crippen LogP contribution is 2.41. The summed E-state index contributed by atoms with van der Waals surface area (Å²) in [6.07, 6.45) is 8.65. The maximum Gasteiger partial charge on any atom is 0.438 e. The Balaban J connectivity index is 1.78. The van der Waals surface area contributed by atoms with Crippen LogP contribution in [0.5, 0.6) is 0 Å². The van der Waals surface area contributed by atoms with Gasteiger partial charge in [0.2, 0.25) is 0 Å². The van der Waals surface area contributed by atoms with Crippen molar-refractivity contribution in [2.45, 2.75) is 109 Å². The van der Waals surface area contributed by atoms with Crippen molar-refractivity contribution < 1.29 is 23.1 Å². The third-order valence-electron chi connectivity index (χ3n) is 6.08. The lowest BCUT2D eigenvalue weighted by molar-refractivity contribution is -0.297. The Bertz CT molecular complexity index is 785. The first-order chi connectivity index (χ1) is 15.7. The zero-order chi connectivity index (χ0) is 24.3. The van der Waals surface area contributed by atoms with E-state index in [0.29, 0.717) is 17.3 Å². The molecule has 0 radical (unpaired) electrons. The molecule has 8 heteroatoms. The van der Waals surface area contributed by atoms with E-state index >= 15 is 0 Å². The van der Waals surface area contributed by atoms with Crippen LogP contribution in [-0.4, -0.2) is 33.6 Å². The molecule has 0 aromatic heterocycles. The highest BCUT2D eigenvalue weighted by atomic mass is 79.9. The van der Waals surface area contributed by atoms with Gasteiger partial charge in [0.15, 0.2) is 0 Å². The quantitative estimate of drug-likeness (QED) is 0.247. The number of hydrogen-bond acceptors (Lipinski definition) is 3. The molecule has 0 saturated carbocycles. The SMILES string of the molecule is CCCCCCCCCCCCCCC1=NN(C(=O)c2cccc(Br)c2)C(O)(C(F)(F)F)C1. The van der Waals surface area contributed by atoms with Crippen molar-refractivity contribution in [3.05, 3.63) is 34.3 Å². The number of rotatable bonds is 14. The Morgan fingerprint density at radius 2 is 1.58 bits per heavy atom. The van der Waals surface area contributed by atoms with Crippen molar-refractivity contribution in [2.24, 2.45) is 5.10 Å². The summed E-state index contributed by atoms with van der Waals surface area (Å²) < 4.78 is 41.6. The summed E-state index contributed by atoms with van der Waals surface area (Å²) in [6.45, 7) is 2.22. The molecule has 186 valence electrons. The molecule has 2 rings (SSSR count). The Hall–Kier alpha value is -1.41. The van der Waals surface area contributed by atoms with Crippen LogP contribution in [0.4, 0.5) is 13.2 Å². The van der Waals surface area contributed by atoms with E-state index in [1.54, 1.807) is 12.1 Å². The summed E-state index contributed by atoms with van der Waals surface area (Å²) in [4.78, 5) is 12.7. The molecule has 1 aliphatic rings. The largest absolute Gasteiger partial charge is 0.438 e. The smallest absolute Gasteiger partial charge is 0.362 e. The molecule has 4 nitrogen and oxygen atoms in total. The van der Waals surface area contributed by atoms with E-state index in [9.17, 15) is 23.1 Å².